The van der Waals surface area contributed by atoms with Crippen molar-refractivity contribution in [3.8, 4) is 0 Å². The van der Waals surface area contributed by atoms with Crippen LogP contribution in [0.2, 0.25) is 0 Å². The van der Waals surface area contributed by atoms with Gasteiger partial charge in [0.1, 0.15) is 0 Å². The van der Waals surface area contributed by atoms with Crippen molar-refractivity contribution < 1.29 is 38.1 Å². The van der Waals surface area contributed by atoms with Crippen molar-refractivity contribution in [1.82, 2.24) is 10.6 Å². The minimum absolute atomic E-state index is 0.246. The zero-order valence-electron chi connectivity index (χ0n) is 17.1. The van der Waals surface area contributed by atoms with Gasteiger partial charge in [-0.2, -0.15) is 0 Å². The molecule has 2 N–H and O–H groups in total. The number of carbonyl (C=O) groups excluding carboxylic acids is 4. The molecule has 10 heteroatoms. The number of hydrogen-bond acceptors (Lipinski definition) is 9. The number of unbranched alkanes of at least 4 members (excludes halogenated alkanes) is 2. The second kappa shape index (κ2) is 15.7. The van der Waals surface area contributed by atoms with E-state index in [0.29, 0.717) is 19.5 Å². The van der Waals surface area contributed by atoms with Gasteiger partial charge in [-0.05, 0) is 32.4 Å². The summed E-state index contributed by atoms with van der Waals surface area (Å²) in [5, 5.41) is 5.80. The van der Waals surface area contributed by atoms with Crippen molar-refractivity contribution in [2.24, 2.45) is 0 Å². The summed E-state index contributed by atoms with van der Waals surface area (Å²) in [6.07, 6.45) is 1.09. The number of alkyl carbamates (subject to hydrolysis) is 1. The minimum Gasteiger partial charge on any atom is -0.426 e. The van der Waals surface area contributed by atoms with E-state index in [-0.39, 0.29) is 6.42 Å². The second-order valence-corrected chi connectivity index (χ2v) is 6.09. The molecule has 0 fully saturated rings. The Bertz CT molecular complexity index is 454. The van der Waals surface area contributed by atoms with E-state index in [1.807, 2.05) is 0 Å². The van der Waals surface area contributed by atoms with Gasteiger partial charge in [-0.3, -0.25) is 14.4 Å². The van der Waals surface area contributed by atoms with E-state index in [1.54, 1.807) is 0 Å². The quantitative estimate of drug-likeness (QED) is 0.252. The van der Waals surface area contributed by atoms with E-state index in [1.165, 1.54) is 27.7 Å². The van der Waals surface area contributed by atoms with Crippen LogP contribution in [0.25, 0.3) is 0 Å². The standard InChI is InChI=1S/C18H32N2O8/c1-13(21)25-15(3)27-17(23)9-8-11-19-10-6-5-7-12-20-18(24)28-16(4)26-14(2)22/h15-16,19H,5-12H2,1-4H3,(H,20,24)/t15-,16-/m1/s1. The Balaban J connectivity index is 3.46. The van der Waals surface area contributed by atoms with E-state index in [9.17, 15) is 19.2 Å². The van der Waals surface area contributed by atoms with Crippen LogP contribution in [-0.2, 0) is 33.3 Å². The summed E-state index contributed by atoms with van der Waals surface area (Å²) in [5.41, 5.74) is 0. The summed E-state index contributed by atoms with van der Waals surface area (Å²) in [4.78, 5) is 44.3. The lowest BCUT2D eigenvalue weighted by Crippen LogP contribution is -2.30. The Hall–Kier alpha value is -2.36. The lowest BCUT2D eigenvalue weighted by Gasteiger charge is -2.13. The molecule has 162 valence electrons. The van der Waals surface area contributed by atoms with Crippen LogP contribution < -0.4 is 10.6 Å². The molecule has 2 atom stereocenters. The summed E-state index contributed by atoms with van der Waals surface area (Å²) in [7, 11) is 0. The van der Waals surface area contributed by atoms with Crippen molar-refractivity contribution in [3.63, 3.8) is 0 Å². The fourth-order valence-electron chi connectivity index (χ4n) is 2.18. The molecule has 28 heavy (non-hydrogen) atoms. The van der Waals surface area contributed by atoms with Gasteiger partial charge >= 0.3 is 24.0 Å². The number of ether oxygens (including phenoxy) is 4. The van der Waals surface area contributed by atoms with Crippen molar-refractivity contribution in [3.05, 3.63) is 0 Å². The summed E-state index contributed by atoms with van der Waals surface area (Å²) >= 11 is 0. The fourth-order valence-corrected chi connectivity index (χ4v) is 2.18. The Labute approximate surface area is 165 Å². The fraction of sp³-hybridized carbons (Fsp3) is 0.778. The highest BCUT2D eigenvalue weighted by Gasteiger charge is 2.11. The molecule has 0 aliphatic rings. The largest absolute Gasteiger partial charge is 0.426 e. The molecule has 0 aliphatic carbocycles. The van der Waals surface area contributed by atoms with E-state index in [2.05, 4.69) is 15.4 Å². The van der Waals surface area contributed by atoms with Gasteiger partial charge in [0.15, 0.2) is 0 Å². The van der Waals surface area contributed by atoms with E-state index in [0.717, 1.165) is 25.8 Å². The topological polar surface area (TPSA) is 129 Å². The molecular weight excluding hydrogens is 372 g/mol. The molecule has 0 spiro atoms. The first kappa shape index (κ1) is 25.6. The summed E-state index contributed by atoms with van der Waals surface area (Å²) in [6, 6.07) is 0. The highest BCUT2D eigenvalue weighted by molar-refractivity contribution is 5.70. The van der Waals surface area contributed by atoms with E-state index >= 15 is 0 Å². The van der Waals surface area contributed by atoms with Crippen LogP contribution >= 0.6 is 0 Å². The number of nitrogens with one attached hydrogen (secondary N) is 2. The maximum absolute atomic E-state index is 11.5. The summed E-state index contributed by atoms with van der Waals surface area (Å²) < 4.78 is 19.1. The van der Waals surface area contributed by atoms with Crippen molar-refractivity contribution in [2.75, 3.05) is 19.6 Å². The number of amides is 1. The molecule has 0 radical (unpaired) electrons. The molecule has 0 saturated heterocycles. The van der Waals surface area contributed by atoms with Crippen LogP contribution in [0.5, 0.6) is 0 Å². The molecular formula is C18H32N2O8. The van der Waals surface area contributed by atoms with Crippen LogP contribution in [-0.4, -0.2) is 56.2 Å². The van der Waals surface area contributed by atoms with Crippen LogP contribution in [0, 0.1) is 0 Å². The number of carbonyl (C=O) groups is 4. The third-order valence-corrected chi connectivity index (χ3v) is 3.27. The number of hydrogen-bond donors (Lipinski definition) is 2. The van der Waals surface area contributed by atoms with Crippen molar-refractivity contribution in [2.45, 2.75) is 72.4 Å². The third kappa shape index (κ3) is 17.1. The normalized spacial score (nSPS) is 12.4. The lowest BCUT2D eigenvalue weighted by molar-refractivity contribution is -0.183. The molecule has 0 aliphatic heterocycles. The Morgan fingerprint density at radius 1 is 0.714 bits per heavy atom. The minimum atomic E-state index is -0.913. The first-order chi connectivity index (χ1) is 13.2. The number of esters is 3. The maximum atomic E-state index is 11.5. The zero-order chi connectivity index (χ0) is 21.4. The Morgan fingerprint density at radius 3 is 1.86 bits per heavy atom. The van der Waals surface area contributed by atoms with Gasteiger partial charge in [0.25, 0.3) is 0 Å². The molecule has 0 aromatic heterocycles. The molecule has 10 nitrogen and oxygen atoms in total. The predicted octanol–water partition coefficient (Wildman–Crippen LogP) is 1.61. The molecule has 0 saturated carbocycles. The molecule has 0 heterocycles. The first-order valence-electron chi connectivity index (χ1n) is 9.39. The van der Waals surface area contributed by atoms with Crippen molar-refractivity contribution >= 4 is 24.0 Å². The molecule has 1 amide bonds. The van der Waals surface area contributed by atoms with Gasteiger partial charge in [0, 0.05) is 40.7 Å². The SMILES string of the molecule is CC(=O)O[C@@H](C)OC(=O)CCCNCCCCCNC(=O)O[C@H](C)OC(C)=O. The smallest absolute Gasteiger partial charge is 0.410 e. The van der Waals surface area contributed by atoms with Gasteiger partial charge in [0.2, 0.25) is 12.6 Å². The molecule has 0 aromatic rings. The van der Waals surface area contributed by atoms with E-state index < -0.39 is 36.6 Å². The zero-order valence-corrected chi connectivity index (χ0v) is 17.1. The first-order valence-corrected chi connectivity index (χ1v) is 9.39. The van der Waals surface area contributed by atoms with Gasteiger partial charge in [0.05, 0.1) is 0 Å². The highest BCUT2D eigenvalue weighted by Crippen LogP contribution is 2.00. The molecule has 0 rings (SSSR count). The molecule has 0 bridgehead atoms. The monoisotopic (exact) mass is 404 g/mol. The Morgan fingerprint density at radius 2 is 1.25 bits per heavy atom. The third-order valence-electron chi connectivity index (χ3n) is 3.27. The highest BCUT2D eigenvalue weighted by atomic mass is 16.7. The van der Waals surface area contributed by atoms with Crippen LogP contribution in [0.3, 0.4) is 0 Å². The van der Waals surface area contributed by atoms with Gasteiger partial charge in [-0.25, -0.2) is 4.79 Å². The summed E-state index contributed by atoms with van der Waals surface area (Å²) in [5.74, 6) is -1.41. The molecule has 0 aromatic carbocycles. The summed E-state index contributed by atoms with van der Waals surface area (Å²) in [6.45, 7) is 7.39. The van der Waals surface area contributed by atoms with Gasteiger partial charge in [-0.15, -0.1) is 0 Å². The predicted molar refractivity (Wildman–Crippen MR) is 99.0 cm³/mol. The maximum Gasteiger partial charge on any atom is 0.410 e. The average Bonchev–Trinajstić information content (AvgIpc) is 2.54. The van der Waals surface area contributed by atoms with Crippen LogP contribution in [0.15, 0.2) is 0 Å². The lowest BCUT2D eigenvalue weighted by atomic mass is 10.2. The van der Waals surface area contributed by atoms with Gasteiger partial charge in [-0.1, -0.05) is 6.42 Å². The van der Waals surface area contributed by atoms with E-state index in [4.69, 9.17) is 14.2 Å². The van der Waals surface area contributed by atoms with Crippen LogP contribution in [0.1, 0.15) is 59.8 Å². The van der Waals surface area contributed by atoms with Crippen molar-refractivity contribution in [1.29, 1.82) is 0 Å². The second-order valence-electron chi connectivity index (χ2n) is 6.09. The Kier molecular flexibility index (Phi) is 14.4. The number of rotatable bonds is 14. The average molecular weight is 404 g/mol. The van der Waals surface area contributed by atoms with Gasteiger partial charge < -0.3 is 29.6 Å². The molecule has 0 unspecified atom stereocenters. The van der Waals surface area contributed by atoms with Crippen LogP contribution in [0.4, 0.5) is 4.79 Å².